The Hall–Kier alpha value is -1.03. The molecule has 0 aromatic heterocycles. The van der Waals surface area contributed by atoms with Crippen molar-refractivity contribution >= 4 is 0 Å². The predicted octanol–water partition coefficient (Wildman–Crippen LogP) is 4.76. The van der Waals surface area contributed by atoms with Gasteiger partial charge in [0.2, 0.25) is 0 Å². The number of unbranched alkanes of at least 4 members (excludes halogenated alkanes) is 6. The molecule has 0 radical (unpaired) electrons. The van der Waals surface area contributed by atoms with E-state index in [-0.39, 0.29) is 0 Å². The molecule has 0 aliphatic rings. The Balaban J connectivity index is 3.05. The van der Waals surface area contributed by atoms with Gasteiger partial charge in [0.15, 0.2) is 0 Å². The summed E-state index contributed by atoms with van der Waals surface area (Å²) >= 11 is 0. The van der Waals surface area contributed by atoms with Crippen LogP contribution in [0.25, 0.3) is 0 Å². The Morgan fingerprint density at radius 3 is 2.07 bits per heavy atom. The second-order valence-corrected chi connectivity index (χ2v) is 3.78. The molecule has 0 aliphatic carbocycles. The smallest absolute Gasteiger partial charge is 0.0908 e. The van der Waals surface area contributed by atoms with Crippen LogP contribution in [0.4, 0.5) is 0 Å². The van der Waals surface area contributed by atoms with E-state index in [4.69, 9.17) is 5.26 Å². The van der Waals surface area contributed by atoms with Crippen LogP contribution in [-0.4, -0.2) is 0 Å². The van der Waals surface area contributed by atoms with E-state index in [0.29, 0.717) is 0 Å². The second kappa shape index (κ2) is 13.0. The first kappa shape index (κ1) is 14.0. The molecule has 0 fully saturated rings. The van der Waals surface area contributed by atoms with Crippen molar-refractivity contribution in [3.05, 3.63) is 24.3 Å². The number of hydrogen-bond donors (Lipinski definition) is 0. The Bertz CT molecular complexity index is 208. The van der Waals surface area contributed by atoms with E-state index in [1.165, 1.54) is 44.9 Å². The monoisotopic (exact) mass is 205 g/mol. The molecule has 0 saturated carbocycles. The molecule has 0 aliphatic heterocycles. The second-order valence-electron chi connectivity index (χ2n) is 3.78. The molecule has 0 unspecified atom stereocenters. The Morgan fingerprint density at radius 2 is 1.47 bits per heavy atom. The summed E-state index contributed by atoms with van der Waals surface area (Å²) in [5.41, 5.74) is 0. The predicted molar refractivity (Wildman–Crippen MR) is 66.5 cm³/mol. The third kappa shape index (κ3) is 13.0. The quantitative estimate of drug-likeness (QED) is 0.302. The molecule has 0 atom stereocenters. The number of nitriles is 1. The molecule has 0 saturated heterocycles. The SMILES string of the molecule is CCC/C=C/CCCCCC/C=C/C#N. The van der Waals surface area contributed by atoms with Gasteiger partial charge in [-0.1, -0.05) is 44.4 Å². The van der Waals surface area contributed by atoms with Crippen molar-refractivity contribution in [3.8, 4) is 6.07 Å². The van der Waals surface area contributed by atoms with Crippen molar-refractivity contribution in [3.63, 3.8) is 0 Å². The molecular weight excluding hydrogens is 182 g/mol. The average molecular weight is 205 g/mol. The Morgan fingerprint density at radius 1 is 0.867 bits per heavy atom. The minimum atomic E-state index is 1.05. The van der Waals surface area contributed by atoms with E-state index in [9.17, 15) is 0 Å². The summed E-state index contributed by atoms with van der Waals surface area (Å²) in [5, 5.41) is 8.27. The van der Waals surface area contributed by atoms with Gasteiger partial charge >= 0.3 is 0 Å². The van der Waals surface area contributed by atoms with Crippen molar-refractivity contribution in [1.29, 1.82) is 5.26 Å². The summed E-state index contributed by atoms with van der Waals surface area (Å²) in [7, 11) is 0. The van der Waals surface area contributed by atoms with Crippen LogP contribution in [0.2, 0.25) is 0 Å². The molecular formula is C14H23N. The summed E-state index contributed by atoms with van der Waals surface area (Å²) in [5.74, 6) is 0. The van der Waals surface area contributed by atoms with Gasteiger partial charge in [-0.05, 0) is 32.1 Å². The van der Waals surface area contributed by atoms with Crippen molar-refractivity contribution in [2.75, 3.05) is 0 Å². The fraction of sp³-hybridized carbons (Fsp3) is 0.643. The topological polar surface area (TPSA) is 23.8 Å². The van der Waals surface area contributed by atoms with Crippen LogP contribution >= 0.6 is 0 Å². The van der Waals surface area contributed by atoms with Gasteiger partial charge < -0.3 is 0 Å². The fourth-order valence-corrected chi connectivity index (χ4v) is 1.42. The highest BCUT2D eigenvalue weighted by atomic mass is 14.2. The van der Waals surface area contributed by atoms with Crippen LogP contribution in [-0.2, 0) is 0 Å². The Kier molecular flexibility index (Phi) is 12.1. The van der Waals surface area contributed by atoms with Gasteiger partial charge in [-0.15, -0.1) is 0 Å². The third-order valence-corrected chi connectivity index (χ3v) is 2.31. The molecule has 0 heterocycles. The highest BCUT2D eigenvalue weighted by Gasteiger charge is 1.87. The lowest BCUT2D eigenvalue weighted by Gasteiger charge is -1.96. The van der Waals surface area contributed by atoms with E-state index in [2.05, 4.69) is 19.1 Å². The molecule has 0 aromatic carbocycles. The summed E-state index contributed by atoms with van der Waals surface area (Å²) < 4.78 is 0. The largest absolute Gasteiger partial charge is 0.193 e. The molecule has 1 nitrogen and oxygen atoms in total. The van der Waals surface area contributed by atoms with Gasteiger partial charge in [-0.2, -0.15) is 5.26 Å². The van der Waals surface area contributed by atoms with Crippen molar-refractivity contribution in [2.45, 2.75) is 58.3 Å². The van der Waals surface area contributed by atoms with Crippen LogP contribution < -0.4 is 0 Å². The molecule has 0 bridgehead atoms. The molecule has 15 heavy (non-hydrogen) atoms. The normalized spacial score (nSPS) is 11.2. The maximum atomic E-state index is 8.27. The van der Waals surface area contributed by atoms with Crippen LogP contribution in [0, 0.1) is 11.3 Å². The van der Waals surface area contributed by atoms with Crippen molar-refractivity contribution in [2.24, 2.45) is 0 Å². The van der Waals surface area contributed by atoms with Gasteiger partial charge in [0.1, 0.15) is 0 Å². The zero-order valence-electron chi connectivity index (χ0n) is 9.91. The van der Waals surface area contributed by atoms with Crippen LogP contribution in [0.15, 0.2) is 24.3 Å². The van der Waals surface area contributed by atoms with Crippen LogP contribution in [0.5, 0.6) is 0 Å². The number of allylic oxidation sites excluding steroid dienone is 4. The van der Waals surface area contributed by atoms with Gasteiger partial charge in [-0.25, -0.2) is 0 Å². The summed E-state index contributed by atoms with van der Waals surface area (Å²) in [6.45, 7) is 2.21. The molecule has 84 valence electrons. The summed E-state index contributed by atoms with van der Waals surface area (Å²) in [6, 6.07) is 2.01. The summed E-state index contributed by atoms with van der Waals surface area (Å²) in [6.07, 6.45) is 18.0. The standard InChI is InChI=1S/C14H23N/c1-2-3-4-5-6-7-8-9-10-11-12-13-14-15/h4-5,12-13H,2-3,6-11H2,1H3/b5-4+,13-12+. The fourth-order valence-electron chi connectivity index (χ4n) is 1.42. The first-order chi connectivity index (χ1) is 7.41. The maximum absolute atomic E-state index is 8.27. The first-order valence-electron chi connectivity index (χ1n) is 6.11. The van der Waals surface area contributed by atoms with E-state index >= 15 is 0 Å². The lowest BCUT2D eigenvalue weighted by atomic mass is 10.1. The average Bonchev–Trinajstić information content (AvgIpc) is 2.26. The van der Waals surface area contributed by atoms with E-state index < -0.39 is 0 Å². The zero-order chi connectivity index (χ0) is 11.2. The lowest BCUT2D eigenvalue weighted by molar-refractivity contribution is 0.652. The van der Waals surface area contributed by atoms with Crippen molar-refractivity contribution in [1.82, 2.24) is 0 Å². The number of hydrogen-bond acceptors (Lipinski definition) is 1. The molecule has 1 heteroatoms. The number of rotatable bonds is 9. The van der Waals surface area contributed by atoms with Crippen molar-refractivity contribution < 1.29 is 0 Å². The van der Waals surface area contributed by atoms with E-state index in [1.54, 1.807) is 6.08 Å². The highest BCUT2D eigenvalue weighted by Crippen LogP contribution is 2.06. The lowest BCUT2D eigenvalue weighted by Crippen LogP contribution is -1.76. The number of nitrogens with zero attached hydrogens (tertiary/aromatic N) is 1. The van der Waals surface area contributed by atoms with E-state index in [1.807, 2.05) is 12.1 Å². The molecule has 0 amide bonds. The summed E-state index contributed by atoms with van der Waals surface area (Å²) in [4.78, 5) is 0. The van der Waals surface area contributed by atoms with Gasteiger partial charge in [0.05, 0.1) is 6.07 Å². The molecule has 0 aromatic rings. The Labute approximate surface area is 94.5 Å². The van der Waals surface area contributed by atoms with Crippen LogP contribution in [0.1, 0.15) is 58.3 Å². The van der Waals surface area contributed by atoms with Crippen LogP contribution in [0.3, 0.4) is 0 Å². The van der Waals surface area contributed by atoms with E-state index in [0.717, 1.165) is 6.42 Å². The first-order valence-corrected chi connectivity index (χ1v) is 6.11. The highest BCUT2D eigenvalue weighted by molar-refractivity contribution is 5.01. The molecule has 0 N–H and O–H groups in total. The minimum Gasteiger partial charge on any atom is -0.193 e. The zero-order valence-corrected chi connectivity index (χ0v) is 9.91. The molecule has 0 rings (SSSR count). The van der Waals surface area contributed by atoms with Gasteiger partial charge in [0.25, 0.3) is 0 Å². The van der Waals surface area contributed by atoms with Gasteiger partial charge in [0, 0.05) is 6.08 Å². The van der Waals surface area contributed by atoms with Gasteiger partial charge in [-0.3, -0.25) is 0 Å². The minimum absolute atomic E-state index is 1.05. The molecule has 0 spiro atoms. The maximum Gasteiger partial charge on any atom is 0.0908 e. The third-order valence-electron chi connectivity index (χ3n) is 2.31.